The average Bonchev–Trinajstić information content (AvgIpc) is 1.35. The van der Waals surface area contributed by atoms with E-state index in [4.69, 9.17) is 5.41 Å². The van der Waals surface area contributed by atoms with Gasteiger partial charge in [0.2, 0.25) is 0 Å². The molecule has 0 amide bonds. The minimum atomic E-state index is 0.539. The summed E-state index contributed by atoms with van der Waals surface area (Å²) >= 11 is 0. The summed E-state index contributed by atoms with van der Waals surface area (Å²) in [6, 6.07) is 0. The lowest BCUT2D eigenvalue weighted by molar-refractivity contribution is 0.990. The molecular formula is C5H10N. The second-order valence-corrected chi connectivity index (χ2v) is 1.49. The van der Waals surface area contributed by atoms with Crippen molar-refractivity contribution in [1.29, 1.82) is 0 Å². The highest BCUT2D eigenvalue weighted by Crippen LogP contribution is 1.83. The van der Waals surface area contributed by atoms with E-state index in [9.17, 15) is 0 Å². The summed E-state index contributed by atoms with van der Waals surface area (Å²) in [6.45, 7) is 3.77. The first-order chi connectivity index (χ1) is 2.77. The van der Waals surface area contributed by atoms with Crippen LogP contribution < -0.4 is 5.41 Å². The fourth-order valence-electron chi connectivity index (χ4n) is 0.362. The molecule has 35 valence electrons. The highest BCUT2D eigenvalue weighted by atomic mass is 14.4. The predicted molar refractivity (Wildman–Crippen MR) is 27.7 cm³/mol. The Hall–Kier alpha value is -0.330. The van der Waals surface area contributed by atoms with Crippen LogP contribution in [0, 0.1) is 0 Å². The van der Waals surface area contributed by atoms with Gasteiger partial charge in [0, 0.05) is 5.71 Å². The number of hydrogen-bond donors (Lipinski definition) is 0. The standard InChI is InChI=1S/C5H10N/c1-3-4-5(2)6/h3-4H2,1-2H3. The number of hydrogen-bond acceptors (Lipinski definition) is 0. The van der Waals surface area contributed by atoms with Gasteiger partial charge in [0.1, 0.15) is 0 Å². The van der Waals surface area contributed by atoms with Crippen molar-refractivity contribution in [3.63, 3.8) is 0 Å². The molecule has 0 saturated carbocycles. The largest absolute Gasteiger partial charge is 0.161 e. The van der Waals surface area contributed by atoms with Gasteiger partial charge in [-0.3, -0.25) is 0 Å². The van der Waals surface area contributed by atoms with Crippen LogP contribution in [0.3, 0.4) is 0 Å². The van der Waals surface area contributed by atoms with E-state index in [1.54, 1.807) is 6.92 Å². The maximum atomic E-state index is 8.47. The molecule has 1 nitrogen and oxygen atoms in total. The summed E-state index contributed by atoms with van der Waals surface area (Å²) in [5.74, 6) is 0. The monoisotopic (exact) mass is 84.1 g/mol. The Morgan fingerprint density at radius 3 is 2.17 bits per heavy atom. The molecule has 0 spiro atoms. The lowest BCUT2D eigenvalue weighted by atomic mass is 10.2. The van der Waals surface area contributed by atoms with Crippen LogP contribution in [0.5, 0.6) is 0 Å². The molecule has 0 aromatic rings. The van der Waals surface area contributed by atoms with E-state index in [1.165, 1.54) is 0 Å². The average molecular weight is 84.1 g/mol. The Morgan fingerprint density at radius 1 is 1.67 bits per heavy atom. The van der Waals surface area contributed by atoms with Crippen molar-refractivity contribution >= 4 is 5.71 Å². The maximum absolute atomic E-state index is 8.47. The quantitative estimate of drug-likeness (QED) is 0.446. The van der Waals surface area contributed by atoms with Crippen molar-refractivity contribution in [2.45, 2.75) is 26.7 Å². The predicted octanol–water partition coefficient (Wildman–Crippen LogP) is 1.05. The minimum Gasteiger partial charge on any atom is -0.161 e. The molecule has 0 unspecified atom stereocenters. The highest BCUT2D eigenvalue weighted by Gasteiger charge is 1.80. The van der Waals surface area contributed by atoms with Gasteiger partial charge in [0.25, 0.3) is 0 Å². The molecule has 0 saturated heterocycles. The van der Waals surface area contributed by atoms with Crippen LogP contribution >= 0.6 is 0 Å². The fourth-order valence-corrected chi connectivity index (χ4v) is 0.362. The Balaban J connectivity index is 2.83. The van der Waals surface area contributed by atoms with Crippen LogP contribution in [0.15, 0.2) is 0 Å². The van der Waals surface area contributed by atoms with Gasteiger partial charge in [0.05, 0.1) is 0 Å². The minimum absolute atomic E-state index is 0.539. The molecule has 0 aliphatic heterocycles. The van der Waals surface area contributed by atoms with E-state index in [0.717, 1.165) is 12.8 Å². The van der Waals surface area contributed by atoms with Gasteiger partial charge in [-0.2, -0.15) is 5.41 Å². The molecule has 0 atom stereocenters. The molecule has 0 N–H and O–H groups in total. The Labute approximate surface area is 38.9 Å². The summed E-state index contributed by atoms with van der Waals surface area (Å²) in [6.07, 6.45) is 1.89. The summed E-state index contributed by atoms with van der Waals surface area (Å²) in [7, 11) is 0. The van der Waals surface area contributed by atoms with Crippen molar-refractivity contribution in [3.05, 3.63) is 0 Å². The lowest BCUT2D eigenvalue weighted by Gasteiger charge is -1.83. The van der Waals surface area contributed by atoms with Crippen LogP contribution in [0.25, 0.3) is 0 Å². The molecule has 6 heavy (non-hydrogen) atoms. The zero-order valence-electron chi connectivity index (χ0n) is 4.36. The first-order valence-corrected chi connectivity index (χ1v) is 2.28. The molecule has 0 bridgehead atoms. The second-order valence-electron chi connectivity index (χ2n) is 1.49. The van der Waals surface area contributed by atoms with Gasteiger partial charge >= 0.3 is 0 Å². The molecule has 0 heterocycles. The van der Waals surface area contributed by atoms with Gasteiger partial charge in [-0.1, -0.05) is 13.3 Å². The van der Waals surface area contributed by atoms with Gasteiger partial charge in [0.15, 0.2) is 0 Å². The Bertz CT molecular complexity index is 47.9. The van der Waals surface area contributed by atoms with Crippen molar-refractivity contribution < 1.29 is 0 Å². The zero-order valence-corrected chi connectivity index (χ0v) is 4.36. The van der Waals surface area contributed by atoms with Crippen LogP contribution in [0.4, 0.5) is 0 Å². The van der Waals surface area contributed by atoms with Crippen molar-refractivity contribution in [2.24, 2.45) is 0 Å². The van der Waals surface area contributed by atoms with E-state index in [1.807, 2.05) is 6.92 Å². The molecule has 1 radical (unpaired) electrons. The third-order valence-electron chi connectivity index (χ3n) is 0.612. The maximum Gasteiger partial charge on any atom is 0.0374 e. The van der Waals surface area contributed by atoms with E-state index in [2.05, 4.69) is 0 Å². The van der Waals surface area contributed by atoms with Crippen molar-refractivity contribution in [1.82, 2.24) is 5.41 Å². The number of nitrogens with zero attached hydrogens (tertiary/aromatic N) is 1. The number of rotatable bonds is 2. The fraction of sp³-hybridized carbons (Fsp3) is 0.800. The third-order valence-corrected chi connectivity index (χ3v) is 0.612. The Kier molecular flexibility index (Phi) is 2.73. The van der Waals surface area contributed by atoms with Gasteiger partial charge in [-0.15, -0.1) is 0 Å². The molecule has 0 aromatic heterocycles. The van der Waals surface area contributed by atoms with Crippen LogP contribution in [-0.2, 0) is 0 Å². The normalized spacial score (nSPS) is 8.33. The highest BCUT2D eigenvalue weighted by molar-refractivity contribution is 5.79. The van der Waals surface area contributed by atoms with E-state index >= 15 is 0 Å². The zero-order chi connectivity index (χ0) is 4.99. The van der Waals surface area contributed by atoms with Gasteiger partial charge in [-0.25, -0.2) is 0 Å². The van der Waals surface area contributed by atoms with E-state index in [0.29, 0.717) is 5.71 Å². The lowest BCUT2D eigenvalue weighted by Crippen LogP contribution is -1.87. The second kappa shape index (κ2) is 2.88. The first kappa shape index (κ1) is 5.67. The topological polar surface area (TPSA) is 22.3 Å². The van der Waals surface area contributed by atoms with E-state index < -0.39 is 0 Å². The van der Waals surface area contributed by atoms with Crippen LogP contribution in [0.2, 0.25) is 0 Å². The van der Waals surface area contributed by atoms with Gasteiger partial charge in [-0.05, 0) is 13.3 Å². The smallest absolute Gasteiger partial charge is 0.0374 e. The molecule has 0 rings (SSSR count). The molecule has 0 aliphatic carbocycles. The van der Waals surface area contributed by atoms with Crippen molar-refractivity contribution in [2.75, 3.05) is 0 Å². The summed E-state index contributed by atoms with van der Waals surface area (Å²) in [4.78, 5) is 0. The molecule has 0 aromatic carbocycles. The molecule has 0 fully saturated rings. The molecule has 0 aliphatic rings. The Morgan fingerprint density at radius 2 is 2.17 bits per heavy atom. The summed E-state index contributed by atoms with van der Waals surface area (Å²) < 4.78 is 0. The van der Waals surface area contributed by atoms with Crippen molar-refractivity contribution in [3.8, 4) is 0 Å². The van der Waals surface area contributed by atoms with Crippen LogP contribution in [-0.4, -0.2) is 5.71 Å². The molecular weight excluding hydrogens is 74.1 g/mol. The summed E-state index contributed by atoms with van der Waals surface area (Å²) in [5.41, 5.74) is 0.539. The van der Waals surface area contributed by atoms with Gasteiger partial charge < -0.3 is 0 Å². The summed E-state index contributed by atoms with van der Waals surface area (Å²) in [5, 5.41) is 8.47. The molecule has 1 heteroatoms. The first-order valence-electron chi connectivity index (χ1n) is 2.28. The SMILES string of the molecule is CCCC(C)=[N]. The van der Waals surface area contributed by atoms with Crippen LogP contribution in [0.1, 0.15) is 26.7 Å². The third kappa shape index (κ3) is 3.67. The van der Waals surface area contributed by atoms with E-state index in [-0.39, 0.29) is 0 Å².